The van der Waals surface area contributed by atoms with E-state index in [2.05, 4.69) is 36.6 Å². The number of aromatic nitrogens is 2. The standard InChI is InChI=1S/C27H28N4OS/c1-18-10-8-15-25(19(18)2)28-27(33)29-26-20(3)30-31(21(26)4)17-22-11-9-14-24(16-22)32-23-12-6-5-7-13-23/h5-16H,17H2,1-4H3,(H2,28,29,33). The van der Waals surface area contributed by atoms with Gasteiger partial charge in [-0.2, -0.15) is 5.10 Å². The van der Waals surface area contributed by atoms with Gasteiger partial charge in [-0.3, -0.25) is 4.68 Å². The van der Waals surface area contributed by atoms with E-state index in [0.29, 0.717) is 11.7 Å². The third-order valence-corrected chi connectivity index (χ3v) is 5.89. The van der Waals surface area contributed by atoms with Crippen molar-refractivity contribution in [2.75, 3.05) is 10.6 Å². The predicted octanol–water partition coefficient (Wildman–Crippen LogP) is 6.77. The van der Waals surface area contributed by atoms with E-state index in [1.807, 2.05) is 79.2 Å². The Hall–Kier alpha value is -3.64. The van der Waals surface area contributed by atoms with Crippen molar-refractivity contribution in [3.63, 3.8) is 0 Å². The lowest BCUT2D eigenvalue weighted by Crippen LogP contribution is -2.20. The van der Waals surface area contributed by atoms with Crippen LogP contribution in [0.1, 0.15) is 28.1 Å². The molecule has 0 radical (unpaired) electrons. The predicted molar refractivity (Wildman–Crippen MR) is 140 cm³/mol. The number of hydrogen-bond acceptors (Lipinski definition) is 3. The molecular formula is C27H28N4OS. The molecule has 0 unspecified atom stereocenters. The number of rotatable bonds is 6. The Morgan fingerprint density at radius 2 is 1.61 bits per heavy atom. The number of benzene rings is 3. The Balaban J connectivity index is 1.47. The molecule has 4 rings (SSSR count). The van der Waals surface area contributed by atoms with Crippen molar-refractivity contribution in [3.05, 3.63) is 101 Å². The third kappa shape index (κ3) is 5.41. The van der Waals surface area contributed by atoms with Crippen molar-refractivity contribution in [1.29, 1.82) is 0 Å². The van der Waals surface area contributed by atoms with E-state index < -0.39 is 0 Å². The van der Waals surface area contributed by atoms with Gasteiger partial charge in [-0.1, -0.05) is 42.5 Å². The van der Waals surface area contributed by atoms with Crippen LogP contribution in [-0.2, 0) is 6.54 Å². The van der Waals surface area contributed by atoms with Gasteiger partial charge < -0.3 is 15.4 Å². The van der Waals surface area contributed by atoms with Crippen molar-refractivity contribution in [2.45, 2.75) is 34.2 Å². The topological polar surface area (TPSA) is 51.1 Å². The molecule has 168 valence electrons. The van der Waals surface area contributed by atoms with Crippen LogP contribution in [0.5, 0.6) is 11.5 Å². The first kappa shape index (κ1) is 22.6. The summed E-state index contributed by atoms with van der Waals surface area (Å²) in [4.78, 5) is 0. The van der Waals surface area contributed by atoms with E-state index in [-0.39, 0.29) is 0 Å². The summed E-state index contributed by atoms with van der Waals surface area (Å²) < 4.78 is 7.96. The molecule has 1 aromatic heterocycles. The maximum absolute atomic E-state index is 5.98. The molecule has 3 aromatic carbocycles. The highest BCUT2D eigenvalue weighted by Crippen LogP contribution is 2.25. The van der Waals surface area contributed by atoms with E-state index in [0.717, 1.165) is 39.8 Å². The summed E-state index contributed by atoms with van der Waals surface area (Å²) in [7, 11) is 0. The Bertz CT molecular complexity index is 1280. The van der Waals surface area contributed by atoms with E-state index >= 15 is 0 Å². The molecule has 5 nitrogen and oxygen atoms in total. The average molecular weight is 457 g/mol. The van der Waals surface area contributed by atoms with Gasteiger partial charge in [0.1, 0.15) is 11.5 Å². The van der Waals surface area contributed by atoms with Crippen LogP contribution in [0.2, 0.25) is 0 Å². The molecule has 0 fully saturated rings. The fraction of sp³-hybridized carbons (Fsp3) is 0.185. The normalized spacial score (nSPS) is 10.7. The zero-order valence-corrected chi connectivity index (χ0v) is 20.2. The average Bonchev–Trinajstić information content (AvgIpc) is 3.05. The number of thiocarbonyl (C=S) groups is 1. The van der Waals surface area contributed by atoms with Crippen LogP contribution in [-0.4, -0.2) is 14.9 Å². The number of ether oxygens (including phenoxy) is 1. The smallest absolute Gasteiger partial charge is 0.175 e. The lowest BCUT2D eigenvalue weighted by molar-refractivity contribution is 0.481. The maximum atomic E-state index is 5.98. The van der Waals surface area contributed by atoms with Gasteiger partial charge in [0.05, 0.1) is 23.6 Å². The molecule has 0 saturated carbocycles. The first-order chi connectivity index (χ1) is 15.9. The van der Waals surface area contributed by atoms with Crippen molar-refractivity contribution in [2.24, 2.45) is 0 Å². The molecule has 2 N–H and O–H groups in total. The van der Waals surface area contributed by atoms with Gasteiger partial charge in [0.2, 0.25) is 0 Å². The molecule has 0 aliphatic carbocycles. The van der Waals surface area contributed by atoms with E-state index in [4.69, 9.17) is 22.1 Å². The first-order valence-corrected chi connectivity index (χ1v) is 11.3. The molecule has 0 bridgehead atoms. The Labute approximate surface area is 200 Å². The van der Waals surface area contributed by atoms with E-state index in [1.165, 1.54) is 11.1 Å². The number of nitrogens with zero attached hydrogens (tertiary/aromatic N) is 2. The van der Waals surface area contributed by atoms with Gasteiger partial charge in [-0.05, 0) is 86.9 Å². The molecular weight excluding hydrogens is 428 g/mol. The second-order valence-electron chi connectivity index (χ2n) is 8.09. The van der Waals surface area contributed by atoms with Crippen molar-refractivity contribution in [1.82, 2.24) is 9.78 Å². The molecule has 33 heavy (non-hydrogen) atoms. The Morgan fingerprint density at radius 1 is 0.879 bits per heavy atom. The fourth-order valence-electron chi connectivity index (χ4n) is 3.69. The number of nitrogens with one attached hydrogen (secondary N) is 2. The fourth-order valence-corrected chi connectivity index (χ4v) is 3.90. The zero-order valence-electron chi connectivity index (χ0n) is 19.3. The number of hydrogen-bond donors (Lipinski definition) is 2. The lowest BCUT2D eigenvalue weighted by atomic mass is 10.1. The Kier molecular flexibility index (Phi) is 6.75. The summed E-state index contributed by atoms with van der Waals surface area (Å²) in [6, 6.07) is 24.0. The van der Waals surface area contributed by atoms with Crippen LogP contribution in [0, 0.1) is 27.7 Å². The zero-order chi connectivity index (χ0) is 23.4. The van der Waals surface area contributed by atoms with Gasteiger partial charge in [0.25, 0.3) is 0 Å². The molecule has 0 atom stereocenters. The van der Waals surface area contributed by atoms with Gasteiger partial charge in [0.15, 0.2) is 5.11 Å². The second-order valence-corrected chi connectivity index (χ2v) is 8.50. The Morgan fingerprint density at radius 3 is 2.39 bits per heavy atom. The minimum Gasteiger partial charge on any atom is -0.457 e. The monoisotopic (exact) mass is 456 g/mol. The van der Waals surface area contributed by atoms with Crippen molar-refractivity contribution < 1.29 is 4.74 Å². The largest absolute Gasteiger partial charge is 0.457 e. The van der Waals surface area contributed by atoms with Crippen LogP contribution in [0.15, 0.2) is 72.8 Å². The highest BCUT2D eigenvalue weighted by Gasteiger charge is 2.14. The summed E-state index contributed by atoms with van der Waals surface area (Å²) >= 11 is 5.58. The highest BCUT2D eigenvalue weighted by molar-refractivity contribution is 7.80. The number of aryl methyl sites for hydroxylation is 2. The summed E-state index contributed by atoms with van der Waals surface area (Å²) in [5.74, 6) is 1.62. The van der Waals surface area contributed by atoms with Gasteiger partial charge in [0, 0.05) is 5.69 Å². The molecule has 0 saturated heterocycles. The van der Waals surface area contributed by atoms with E-state index in [1.54, 1.807) is 0 Å². The first-order valence-electron chi connectivity index (χ1n) is 10.9. The molecule has 0 aliphatic rings. The van der Waals surface area contributed by atoms with Gasteiger partial charge in [-0.25, -0.2) is 0 Å². The molecule has 1 heterocycles. The van der Waals surface area contributed by atoms with E-state index in [9.17, 15) is 0 Å². The van der Waals surface area contributed by atoms with Crippen LogP contribution < -0.4 is 15.4 Å². The van der Waals surface area contributed by atoms with Gasteiger partial charge in [-0.15, -0.1) is 0 Å². The molecule has 6 heteroatoms. The summed E-state index contributed by atoms with van der Waals surface area (Å²) in [5, 5.41) is 11.9. The van der Waals surface area contributed by atoms with Crippen molar-refractivity contribution >= 4 is 28.7 Å². The molecule has 0 spiro atoms. The maximum Gasteiger partial charge on any atom is 0.175 e. The quantitative estimate of drug-likeness (QED) is 0.314. The number of anilines is 2. The van der Waals surface area contributed by atoms with Crippen molar-refractivity contribution in [3.8, 4) is 11.5 Å². The highest BCUT2D eigenvalue weighted by atomic mass is 32.1. The van der Waals surface area contributed by atoms with Crippen LogP contribution in [0.3, 0.4) is 0 Å². The SMILES string of the molecule is Cc1cccc(NC(=S)Nc2c(C)nn(Cc3cccc(Oc4ccccc4)c3)c2C)c1C. The number of para-hydroxylation sites is 1. The van der Waals surface area contributed by atoms with Gasteiger partial charge >= 0.3 is 0 Å². The minimum absolute atomic E-state index is 0.549. The minimum atomic E-state index is 0.549. The molecule has 0 amide bonds. The molecule has 4 aromatic rings. The summed E-state index contributed by atoms with van der Waals surface area (Å²) in [5.41, 5.74) is 7.36. The second kappa shape index (κ2) is 9.88. The van der Waals surface area contributed by atoms with Crippen LogP contribution in [0.4, 0.5) is 11.4 Å². The summed E-state index contributed by atoms with van der Waals surface area (Å²) in [6.45, 7) is 8.85. The van der Waals surface area contributed by atoms with Crippen LogP contribution >= 0.6 is 12.2 Å². The summed E-state index contributed by atoms with van der Waals surface area (Å²) in [6.07, 6.45) is 0. The van der Waals surface area contributed by atoms with Crippen LogP contribution in [0.25, 0.3) is 0 Å². The lowest BCUT2D eigenvalue weighted by Gasteiger charge is -2.14. The molecule has 0 aliphatic heterocycles. The third-order valence-electron chi connectivity index (χ3n) is 5.68.